The van der Waals surface area contributed by atoms with Crippen LogP contribution in [0.2, 0.25) is 0 Å². The zero-order valence-electron chi connectivity index (χ0n) is 6.93. The van der Waals surface area contributed by atoms with Gasteiger partial charge in [-0.05, 0) is 18.2 Å². The number of carboxylic acids is 1. The highest BCUT2D eigenvalue weighted by Crippen LogP contribution is 2.15. The fraction of sp³-hybridized carbons (Fsp3) is 0. The van der Waals surface area contributed by atoms with Gasteiger partial charge in [-0.2, -0.15) is 0 Å². The zero-order chi connectivity index (χ0) is 10.9. The Morgan fingerprint density at radius 3 is 2.36 bits per heavy atom. The molecule has 1 aromatic carbocycles. The predicted octanol–water partition coefficient (Wildman–Crippen LogP) is -1.72. The molecule has 0 heterocycles. The van der Waals surface area contributed by atoms with Gasteiger partial charge in [0, 0.05) is 11.3 Å². The highest BCUT2D eigenvalue weighted by Gasteiger charge is 2.10. The standard InChI is InChI=1S/C7H8N2O4S/c8-6-2-1-4(14(9,12)13)3-5(6)7(10)11/h1-3H,8H2,(H,10,11)(H2,9,12,13)/p-1. The number of nitrogens with two attached hydrogens (primary N) is 2. The van der Waals surface area contributed by atoms with E-state index in [0.29, 0.717) is 0 Å². The largest absolute Gasteiger partial charge is 0.545 e. The number of aromatic carboxylic acids is 1. The van der Waals surface area contributed by atoms with E-state index in [0.717, 1.165) is 18.2 Å². The number of benzene rings is 1. The van der Waals surface area contributed by atoms with Crippen LogP contribution in [0.5, 0.6) is 0 Å². The Hall–Kier alpha value is -1.60. The number of anilines is 1. The number of hydrogen-bond acceptors (Lipinski definition) is 5. The van der Waals surface area contributed by atoms with Crippen molar-refractivity contribution in [1.82, 2.24) is 0 Å². The summed E-state index contributed by atoms with van der Waals surface area (Å²) >= 11 is 0. The van der Waals surface area contributed by atoms with Gasteiger partial charge in [-0.25, -0.2) is 13.6 Å². The Morgan fingerprint density at radius 2 is 1.93 bits per heavy atom. The molecule has 4 N–H and O–H groups in total. The van der Waals surface area contributed by atoms with Crippen LogP contribution in [-0.4, -0.2) is 14.4 Å². The summed E-state index contributed by atoms with van der Waals surface area (Å²) in [5.74, 6) is -1.55. The second-order valence-corrected chi connectivity index (χ2v) is 4.14. The fourth-order valence-corrected chi connectivity index (χ4v) is 1.43. The van der Waals surface area contributed by atoms with Crippen molar-refractivity contribution in [1.29, 1.82) is 0 Å². The van der Waals surface area contributed by atoms with Crippen LogP contribution in [0.4, 0.5) is 5.69 Å². The van der Waals surface area contributed by atoms with E-state index >= 15 is 0 Å². The van der Waals surface area contributed by atoms with Crippen molar-refractivity contribution in [2.45, 2.75) is 4.90 Å². The molecule has 0 aromatic heterocycles. The van der Waals surface area contributed by atoms with Gasteiger partial charge in [0.1, 0.15) is 0 Å². The molecule has 1 aromatic rings. The summed E-state index contributed by atoms with van der Waals surface area (Å²) in [6.07, 6.45) is 0. The number of sulfonamides is 1. The molecule has 0 unspecified atom stereocenters. The first-order valence-corrected chi connectivity index (χ1v) is 5.00. The number of carboxylic acid groups (broad SMARTS) is 1. The quantitative estimate of drug-likeness (QED) is 0.567. The Balaban J connectivity index is 3.42. The van der Waals surface area contributed by atoms with Gasteiger partial charge in [-0.3, -0.25) is 0 Å². The third-order valence-electron chi connectivity index (χ3n) is 1.57. The molecule has 1 rings (SSSR count). The minimum Gasteiger partial charge on any atom is -0.545 e. The maximum absolute atomic E-state index is 10.8. The molecule has 0 spiro atoms. The number of carbonyl (C=O) groups is 1. The third kappa shape index (κ3) is 2.01. The molecule has 0 atom stereocenters. The Morgan fingerprint density at radius 1 is 1.36 bits per heavy atom. The fourth-order valence-electron chi connectivity index (χ4n) is 0.889. The Labute approximate surface area is 80.2 Å². The molecule has 6 nitrogen and oxygen atoms in total. The van der Waals surface area contributed by atoms with Crippen LogP contribution < -0.4 is 16.0 Å². The summed E-state index contributed by atoms with van der Waals surface area (Å²) in [6.45, 7) is 0. The molecule has 0 saturated carbocycles. The second kappa shape index (κ2) is 3.28. The molecule has 0 aliphatic carbocycles. The van der Waals surface area contributed by atoms with E-state index in [-0.39, 0.29) is 10.6 Å². The highest BCUT2D eigenvalue weighted by molar-refractivity contribution is 7.89. The molecule has 0 bridgehead atoms. The summed E-state index contributed by atoms with van der Waals surface area (Å²) in [4.78, 5) is 10.2. The molecule has 7 heteroatoms. The average Bonchev–Trinajstić information content (AvgIpc) is 2.02. The number of nitrogen functional groups attached to an aromatic ring is 1. The topological polar surface area (TPSA) is 126 Å². The van der Waals surface area contributed by atoms with E-state index in [2.05, 4.69) is 0 Å². The number of primary sulfonamides is 1. The third-order valence-corrected chi connectivity index (χ3v) is 2.48. The summed E-state index contributed by atoms with van der Waals surface area (Å²) in [5, 5.41) is 15.3. The maximum Gasteiger partial charge on any atom is 0.238 e. The van der Waals surface area contributed by atoms with Crippen LogP contribution in [0, 0.1) is 0 Å². The highest BCUT2D eigenvalue weighted by atomic mass is 32.2. The lowest BCUT2D eigenvalue weighted by Crippen LogP contribution is -2.24. The SMILES string of the molecule is Nc1ccc(S(N)(=O)=O)cc1C(=O)[O-]. The van der Waals surface area contributed by atoms with Crippen molar-refractivity contribution in [3.05, 3.63) is 23.8 Å². The van der Waals surface area contributed by atoms with Gasteiger partial charge < -0.3 is 15.6 Å². The molecule has 0 aliphatic heterocycles. The molecule has 0 aliphatic rings. The monoisotopic (exact) mass is 215 g/mol. The lowest BCUT2D eigenvalue weighted by molar-refractivity contribution is -0.254. The second-order valence-electron chi connectivity index (χ2n) is 2.58. The van der Waals surface area contributed by atoms with E-state index in [9.17, 15) is 18.3 Å². The minimum atomic E-state index is -3.92. The van der Waals surface area contributed by atoms with Crippen molar-refractivity contribution in [2.24, 2.45) is 5.14 Å². The molecule has 14 heavy (non-hydrogen) atoms. The van der Waals surface area contributed by atoms with E-state index in [1.54, 1.807) is 0 Å². The molecule has 0 amide bonds. The van der Waals surface area contributed by atoms with E-state index in [1.807, 2.05) is 0 Å². The van der Waals surface area contributed by atoms with Gasteiger partial charge in [0.25, 0.3) is 0 Å². The van der Waals surface area contributed by atoms with Crippen LogP contribution in [0.15, 0.2) is 23.1 Å². The van der Waals surface area contributed by atoms with Gasteiger partial charge in [0.15, 0.2) is 0 Å². The summed E-state index contributed by atoms with van der Waals surface area (Å²) in [6, 6.07) is 3.13. The normalized spacial score (nSPS) is 11.2. The first-order chi connectivity index (χ1) is 6.32. The van der Waals surface area contributed by atoms with E-state index < -0.39 is 21.6 Å². The minimum absolute atomic E-state index is 0.0719. The van der Waals surface area contributed by atoms with Gasteiger partial charge in [-0.15, -0.1) is 0 Å². The molecule has 0 radical (unpaired) electrons. The first-order valence-electron chi connectivity index (χ1n) is 3.46. The van der Waals surface area contributed by atoms with Crippen molar-refractivity contribution in [2.75, 3.05) is 5.73 Å². The maximum atomic E-state index is 10.8. The van der Waals surface area contributed by atoms with Gasteiger partial charge >= 0.3 is 0 Å². The Kier molecular flexibility index (Phi) is 2.45. The molecule has 76 valence electrons. The lowest BCUT2D eigenvalue weighted by Gasteiger charge is -2.07. The molecular formula is C7H7N2O4S-. The molecule has 0 fully saturated rings. The van der Waals surface area contributed by atoms with Crippen molar-refractivity contribution in [3.63, 3.8) is 0 Å². The van der Waals surface area contributed by atoms with Crippen LogP contribution in [0.25, 0.3) is 0 Å². The zero-order valence-corrected chi connectivity index (χ0v) is 7.74. The van der Waals surface area contributed by atoms with Crippen molar-refractivity contribution in [3.8, 4) is 0 Å². The van der Waals surface area contributed by atoms with Crippen LogP contribution >= 0.6 is 0 Å². The van der Waals surface area contributed by atoms with Gasteiger partial charge in [0.05, 0.1) is 10.9 Å². The summed E-state index contributed by atoms with van der Waals surface area (Å²) < 4.78 is 21.7. The lowest BCUT2D eigenvalue weighted by atomic mass is 10.2. The Bertz CT molecular complexity index is 480. The smallest absolute Gasteiger partial charge is 0.238 e. The summed E-state index contributed by atoms with van der Waals surface area (Å²) in [5.41, 5.74) is 4.81. The van der Waals surface area contributed by atoms with Crippen molar-refractivity contribution >= 4 is 21.7 Å². The van der Waals surface area contributed by atoms with E-state index in [4.69, 9.17) is 10.9 Å². The number of rotatable bonds is 2. The predicted molar refractivity (Wildman–Crippen MR) is 46.6 cm³/mol. The van der Waals surface area contributed by atoms with Gasteiger partial charge in [0.2, 0.25) is 10.0 Å². The number of hydrogen-bond donors (Lipinski definition) is 2. The van der Waals surface area contributed by atoms with Crippen LogP contribution in [-0.2, 0) is 10.0 Å². The van der Waals surface area contributed by atoms with E-state index in [1.165, 1.54) is 0 Å². The molecule has 0 saturated heterocycles. The van der Waals surface area contributed by atoms with Gasteiger partial charge in [-0.1, -0.05) is 0 Å². The summed E-state index contributed by atoms with van der Waals surface area (Å²) in [7, 11) is -3.92. The van der Waals surface area contributed by atoms with Crippen LogP contribution in [0.3, 0.4) is 0 Å². The average molecular weight is 215 g/mol. The molecular weight excluding hydrogens is 208 g/mol. The van der Waals surface area contributed by atoms with Crippen LogP contribution in [0.1, 0.15) is 10.4 Å². The first kappa shape index (κ1) is 10.5. The van der Waals surface area contributed by atoms with Crippen molar-refractivity contribution < 1.29 is 18.3 Å². The number of carbonyl (C=O) groups excluding carboxylic acids is 1.